The summed E-state index contributed by atoms with van der Waals surface area (Å²) in [5, 5.41) is 3.24. The number of carbonyl (C=O) groups is 1. The molecule has 0 aliphatic carbocycles. The first-order valence-corrected chi connectivity index (χ1v) is 7.83. The van der Waals surface area contributed by atoms with E-state index >= 15 is 0 Å². The number of rotatable bonds is 4. The molecule has 0 spiro atoms. The van der Waals surface area contributed by atoms with Gasteiger partial charge >= 0.3 is 0 Å². The molecule has 1 heterocycles. The Morgan fingerprint density at radius 1 is 1.45 bits per heavy atom. The Bertz CT molecular complexity index is 484. The lowest BCUT2D eigenvalue weighted by atomic mass is 9.96. The minimum Gasteiger partial charge on any atom is -0.371 e. The fourth-order valence-corrected chi connectivity index (χ4v) is 3.27. The predicted molar refractivity (Wildman–Crippen MR) is 85.7 cm³/mol. The molecule has 1 saturated heterocycles. The van der Waals surface area contributed by atoms with Crippen LogP contribution < -0.4 is 16.0 Å². The molecule has 110 valence electrons. The van der Waals surface area contributed by atoms with Gasteiger partial charge in [-0.05, 0) is 60.4 Å². The van der Waals surface area contributed by atoms with Gasteiger partial charge in [0, 0.05) is 29.5 Å². The van der Waals surface area contributed by atoms with Crippen molar-refractivity contribution in [2.24, 2.45) is 11.7 Å². The third-order valence-corrected chi connectivity index (χ3v) is 4.78. The fraction of sp³-hybridized carbons (Fsp3) is 0.533. The molecule has 1 aromatic rings. The Kier molecular flexibility index (Phi) is 5.05. The van der Waals surface area contributed by atoms with Crippen LogP contribution in [0.2, 0.25) is 0 Å². The first-order chi connectivity index (χ1) is 9.52. The lowest BCUT2D eigenvalue weighted by molar-refractivity contribution is -0.122. The van der Waals surface area contributed by atoms with E-state index in [0.717, 1.165) is 30.4 Å². The Hall–Kier alpha value is -1.07. The maximum atomic E-state index is 11.2. The number of piperidine rings is 1. The molecule has 1 aromatic carbocycles. The van der Waals surface area contributed by atoms with Gasteiger partial charge in [0.1, 0.15) is 0 Å². The maximum absolute atomic E-state index is 11.2. The van der Waals surface area contributed by atoms with E-state index in [2.05, 4.69) is 51.3 Å². The molecule has 1 atom stereocenters. The van der Waals surface area contributed by atoms with Crippen LogP contribution in [0, 0.1) is 5.92 Å². The van der Waals surface area contributed by atoms with Crippen LogP contribution in [0.15, 0.2) is 22.7 Å². The second-order valence-electron chi connectivity index (χ2n) is 5.38. The van der Waals surface area contributed by atoms with E-state index in [-0.39, 0.29) is 11.8 Å². The van der Waals surface area contributed by atoms with Crippen LogP contribution in [0.25, 0.3) is 0 Å². The Balaban J connectivity index is 2.09. The number of benzene rings is 1. The van der Waals surface area contributed by atoms with Crippen molar-refractivity contribution in [1.82, 2.24) is 5.32 Å². The number of anilines is 1. The predicted octanol–water partition coefficient (Wildman–Crippen LogP) is 2.43. The highest BCUT2D eigenvalue weighted by molar-refractivity contribution is 9.10. The van der Waals surface area contributed by atoms with Crippen molar-refractivity contribution in [2.75, 3.05) is 25.0 Å². The van der Waals surface area contributed by atoms with Crippen LogP contribution in [0.5, 0.6) is 0 Å². The third kappa shape index (κ3) is 3.33. The van der Waals surface area contributed by atoms with Gasteiger partial charge in [-0.2, -0.15) is 0 Å². The SMILES string of the molecule is CNC(C)c1ccc(N2CCC(C(N)=O)CC2)c(Br)c1. The molecule has 1 aliphatic rings. The summed E-state index contributed by atoms with van der Waals surface area (Å²) in [6, 6.07) is 6.80. The lowest BCUT2D eigenvalue weighted by Gasteiger charge is -2.33. The number of primary amides is 1. The molecule has 1 aliphatic heterocycles. The van der Waals surface area contributed by atoms with Crippen molar-refractivity contribution in [3.8, 4) is 0 Å². The van der Waals surface area contributed by atoms with Crippen LogP contribution in [0.1, 0.15) is 31.4 Å². The zero-order chi connectivity index (χ0) is 14.7. The molecule has 0 saturated carbocycles. The minimum atomic E-state index is -0.165. The monoisotopic (exact) mass is 339 g/mol. The lowest BCUT2D eigenvalue weighted by Crippen LogP contribution is -2.38. The largest absolute Gasteiger partial charge is 0.371 e. The zero-order valence-electron chi connectivity index (χ0n) is 12.0. The average molecular weight is 340 g/mol. The van der Waals surface area contributed by atoms with Crippen LogP contribution in [0.4, 0.5) is 5.69 Å². The van der Waals surface area contributed by atoms with Crippen molar-refractivity contribution in [3.05, 3.63) is 28.2 Å². The molecule has 0 radical (unpaired) electrons. The number of amides is 1. The number of nitrogens with two attached hydrogens (primary N) is 1. The van der Waals surface area contributed by atoms with Crippen LogP contribution in [-0.4, -0.2) is 26.0 Å². The van der Waals surface area contributed by atoms with Crippen molar-refractivity contribution in [3.63, 3.8) is 0 Å². The van der Waals surface area contributed by atoms with Crippen LogP contribution >= 0.6 is 15.9 Å². The van der Waals surface area contributed by atoms with Gasteiger partial charge in [-0.1, -0.05) is 6.07 Å². The van der Waals surface area contributed by atoms with Gasteiger partial charge in [0.2, 0.25) is 5.91 Å². The second-order valence-corrected chi connectivity index (χ2v) is 6.24. The summed E-state index contributed by atoms with van der Waals surface area (Å²) in [4.78, 5) is 13.5. The van der Waals surface area contributed by atoms with Gasteiger partial charge in [-0.3, -0.25) is 4.79 Å². The second kappa shape index (κ2) is 6.59. The molecular weight excluding hydrogens is 318 g/mol. The zero-order valence-corrected chi connectivity index (χ0v) is 13.6. The van der Waals surface area contributed by atoms with E-state index < -0.39 is 0 Å². The normalized spacial score (nSPS) is 18.1. The van der Waals surface area contributed by atoms with E-state index in [1.165, 1.54) is 11.3 Å². The van der Waals surface area contributed by atoms with Crippen molar-refractivity contribution in [2.45, 2.75) is 25.8 Å². The topological polar surface area (TPSA) is 58.4 Å². The summed E-state index contributed by atoms with van der Waals surface area (Å²) in [5.74, 6) is -0.129. The molecular formula is C15H22BrN3O. The summed E-state index contributed by atoms with van der Waals surface area (Å²) < 4.78 is 1.11. The van der Waals surface area contributed by atoms with Gasteiger partial charge in [0.15, 0.2) is 0 Å². The smallest absolute Gasteiger partial charge is 0.220 e. The fourth-order valence-electron chi connectivity index (χ4n) is 2.62. The summed E-state index contributed by atoms with van der Waals surface area (Å²) in [7, 11) is 1.96. The Morgan fingerprint density at radius 2 is 2.10 bits per heavy atom. The molecule has 1 fully saturated rings. The molecule has 1 unspecified atom stereocenters. The molecule has 0 aromatic heterocycles. The maximum Gasteiger partial charge on any atom is 0.220 e. The Labute approximate surface area is 128 Å². The number of hydrogen-bond acceptors (Lipinski definition) is 3. The number of halogens is 1. The summed E-state index contributed by atoms with van der Waals surface area (Å²) in [5.41, 5.74) is 7.83. The summed E-state index contributed by atoms with van der Waals surface area (Å²) >= 11 is 3.66. The highest BCUT2D eigenvalue weighted by atomic mass is 79.9. The molecule has 5 heteroatoms. The average Bonchev–Trinajstić information content (AvgIpc) is 2.46. The molecule has 2 rings (SSSR count). The minimum absolute atomic E-state index is 0.0358. The standard InChI is InChI=1S/C15H22BrN3O/c1-10(18-2)12-3-4-14(13(16)9-12)19-7-5-11(6-8-19)15(17)20/h3-4,9-11,18H,5-8H2,1-2H3,(H2,17,20). The van der Waals surface area contributed by atoms with Crippen molar-refractivity contribution < 1.29 is 4.79 Å². The van der Waals surface area contributed by atoms with Gasteiger partial charge in [-0.25, -0.2) is 0 Å². The van der Waals surface area contributed by atoms with Crippen LogP contribution in [-0.2, 0) is 4.79 Å². The van der Waals surface area contributed by atoms with Gasteiger partial charge in [0.25, 0.3) is 0 Å². The first kappa shape index (κ1) is 15.3. The highest BCUT2D eigenvalue weighted by Gasteiger charge is 2.24. The molecule has 0 bridgehead atoms. The van der Waals surface area contributed by atoms with Crippen LogP contribution in [0.3, 0.4) is 0 Å². The van der Waals surface area contributed by atoms with E-state index in [4.69, 9.17) is 5.73 Å². The summed E-state index contributed by atoms with van der Waals surface area (Å²) in [6.07, 6.45) is 1.69. The number of nitrogens with zero attached hydrogens (tertiary/aromatic N) is 1. The first-order valence-electron chi connectivity index (χ1n) is 7.04. The van der Waals surface area contributed by atoms with Gasteiger partial charge in [-0.15, -0.1) is 0 Å². The summed E-state index contributed by atoms with van der Waals surface area (Å²) in [6.45, 7) is 3.90. The van der Waals surface area contributed by atoms with Crippen molar-refractivity contribution in [1.29, 1.82) is 0 Å². The van der Waals surface area contributed by atoms with Gasteiger partial charge < -0.3 is 16.0 Å². The Morgan fingerprint density at radius 3 is 2.60 bits per heavy atom. The highest BCUT2D eigenvalue weighted by Crippen LogP contribution is 2.32. The van der Waals surface area contributed by atoms with E-state index in [0.29, 0.717) is 6.04 Å². The van der Waals surface area contributed by atoms with E-state index in [1.807, 2.05) is 7.05 Å². The number of nitrogens with one attached hydrogen (secondary N) is 1. The van der Waals surface area contributed by atoms with E-state index in [9.17, 15) is 4.79 Å². The molecule has 1 amide bonds. The van der Waals surface area contributed by atoms with Crippen molar-refractivity contribution >= 4 is 27.5 Å². The number of hydrogen-bond donors (Lipinski definition) is 2. The third-order valence-electron chi connectivity index (χ3n) is 4.14. The quantitative estimate of drug-likeness (QED) is 0.885. The van der Waals surface area contributed by atoms with Gasteiger partial charge in [0.05, 0.1) is 5.69 Å². The molecule has 20 heavy (non-hydrogen) atoms. The molecule has 3 N–H and O–H groups in total. The van der Waals surface area contributed by atoms with E-state index in [1.54, 1.807) is 0 Å². The molecule has 4 nitrogen and oxygen atoms in total. The number of carbonyl (C=O) groups excluding carboxylic acids is 1.